The van der Waals surface area contributed by atoms with E-state index >= 15 is 0 Å². The van der Waals surface area contributed by atoms with Crippen molar-refractivity contribution in [3.8, 4) is 0 Å². The summed E-state index contributed by atoms with van der Waals surface area (Å²) in [7, 11) is 0. The number of carboxylic acid groups (broad SMARTS) is 1. The smallest absolute Gasteiger partial charge is 0.372 e. The summed E-state index contributed by atoms with van der Waals surface area (Å²) in [5.41, 5.74) is 5.05. The lowest BCUT2D eigenvalue weighted by Gasteiger charge is -2.54. The number of carbonyl (C=O) groups is 2. The van der Waals surface area contributed by atoms with Gasteiger partial charge in [-0.2, -0.15) is 0 Å². The number of hydrogen-bond acceptors (Lipinski definition) is 7. The van der Waals surface area contributed by atoms with Crippen LogP contribution in [-0.2, 0) is 6.42 Å². The molecule has 0 atom stereocenters. The number of hydrogen-bond donors (Lipinski definition) is 1. The second-order valence-electron chi connectivity index (χ2n) is 12.2. The number of halogens is 1. The first-order chi connectivity index (χ1) is 22.3. The van der Waals surface area contributed by atoms with Gasteiger partial charge in [0.1, 0.15) is 10.5 Å². The number of amides is 1. The molecule has 0 bridgehead atoms. The summed E-state index contributed by atoms with van der Waals surface area (Å²) in [4.78, 5) is 31.0. The van der Waals surface area contributed by atoms with E-state index in [1.807, 2.05) is 40.6 Å². The second kappa shape index (κ2) is 12.8. The highest BCUT2D eigenvalue weighted by atomic mass is 79.9. The highest BCUT2D eigenvalue weighted by molar-refractivity contribution is 9.10. The summed E-state index contributed by atoms with van der Waals surface area (Å²) in [6.45, 7) is 6.12. The maximum absolute atomic E-state index is 13.0. The van der Waals surface area contributed by atoms with E-state index in [0.717, 1.165) is 77.3 Å². The van der Waals surface area contributed by atoms with Crippen LogP contribution in [0.5, 0.6) is 0 Å². The number of benzene rings is 3. The third kappa shape index (κ3) is 6.06. The maximum atomic E-state index is 13.0. The van der Waals surface area contributed by atoms with Crippen molar-refractivity contribution in [3.63, 3.8) is 0 Å². The Balaban J connectivity index is 1.11. The molecule has 0 saturated carbocycles. The highest BCUT2D eigenvalue weighted by Crippen LogP contribution is 2.45. The van der Waals surface area contributed by atoms with E-state index in [-0.39, 0.29) is 17.1 Å². The Morgan fingerprint density at radius 3 is 2.48 bits per heavy atom. The summed E-state index contributed by atoms with van der Waals surface area (Å²) in [5, 5.41) is 12.3. The molecule has 46 heavy (non-hydrogen) atoms. The number of aryl methyl sites for hydroxylation is 1. The van der Waals surface area contributed by atoms with Crippen LogP contribution >= 0.6 is 39.2 Å². The molecule has 10 heteroatoms. The molecule has 3 aromatic carbocycles. The lowest BCUT2D eigenvalue weighted by molar-refractivity contribution is -0.00755. The average Bonchev–Trinajstić information content (AvgIpc) is 3.64. The number of fused-ring (bicyclic) bond motifs is 1. The number of likely N-dealkylation sites (tertiary alicyclic amines) is 1. The van der Waals surface area contributed by atoms with Gasteiger partial charge in [0.15, 0.2) is 0 Å². The molecule has 236 valence electrons. The van der Waals surface area contributed by atoms with Gasteiger partial charge in [-0.1, -0.05) is 42.5 Å². The van der Waals surface area contributed by atoms with Gasteiger partial charge in [0.25, 0.3) is 5.91 Å². The van der Waals surface area contributed by atoms with E-state index in [4.69, 9.17) is 4.42 Å². The number of furan rings is 1. The van der Waals surface area contributed by atoms with E-state index in [9.17, 15) is 14.7 Å². The number of piperidine rings is 1. The van der Waals surface area contributed by atoms with Gasteiger partial charge in [-0.3, -0.25) is 4.79 Å². The minimum Gasteiger partial charge on any atom is -0.475 e. The molecule has 5 aromatic rings. The van der Waals surface area contributed by atoms with Gasteiger partial charge in [0.2, 0.25) is 5.76 Å². The van der Waals surface area contributed by atoms with E-state index in [1.165, 1.54) is 22.6 Å². The molecule has 2 aliphatic heterocycles. The molecule has 1 amide bonds. The number of anilines is 2. The van der Waals surface area contributed by atoms with Crippen molar-refractivity contribution < 1.29 is 19.1 Å². The van der Waals surface area contributed by atoms with E-state index < -0.39 is 5.97 Å². The zero-order valence-corrected chi connectivity index (χ0v) is 28.7. The molecule has 1 spiro atoms. The van der Waals surface area contributed by atoms with Crippen LogP contribution in [0.4, 0.5) is 11.4 Å². The Labute approximate surface area is 285 Å². The zero-order chi connectivity index (χ0) is 31.8. The standard InChI is InChI=1S/C36H34BrN3O4S2/c1-24-27-21-26(11-12-31(27)44-32(24)35(42)43)46-40(17-13-25-7-3-2-4-8-25)30-10-6-5-9-29(30)38-18-15-36(16-19-38)22-39(23-36)34(41)33-28(37)14-20-45-33/h2-12,14,20-21H,13,15-19,22-23H2,1H3,(H,42,43). The van der Waals surface area contributed by atoms with E-state index in [1.54, 1.807) is 18.9 Å². The Kier molecular flexibility index (Phi) is 8.61. The van der Waals surface area contributed by atoms with Crippen LogP contribution in [-0.4, -0.2) is 54.6 Å². The van der Waals surface area contributed by atoms with E-state index in [2.05, 4.69) is 73.7 Å². The summed E-state index contributed by atoms with van der Waals surface area (Å²) >= 11 is 6.68. The van der Waals surface area contributed by atoms with Gasteiger partial charge < -0.3 is 23.6 Å². The highest BCUT2D eigenvalue weighted by Gasteiger charge is 2.47. The molecule has 0 unspecified atom stereocenters. The van der Waals surface area contributed by atoms with Crippen molar-refractivity contribution >= 4 is 73.4 Å². The first-order valence-corrected chi connectivity index (χ1v) is 17.9. The molecule has 2 saturated heterocycles. The minimum absolute atomic E-state index is 0.00959. The first-order valence-electron chi connectivity index (χ1n) is 15.4. The topological polar surface area (TPSA) is 77.2 Å². The summed E-state index contributed by atoms with van der Waals surface area (Å²) in [6.07, 6.45) is 2.98. The number of thiophene rings is 1. The fourth-order valence-electron chi connectivity index (χ4n) is 6.66. The molecule has 2 aliphatic rings. The molecule has 7 nitrogen and oxygen atoms in total. The predicted molar refractivity (Wildman–Crippen MR) is 190 cm³/mol. The van der Waals surface area contributed by atoms with Gasteiger partial charge in [0.05, 0.1) is 11.4 Å². The third-order valence-electron chi connectivity index (χ3n) is 9.23. The van der Waals surface area contributed by atoms with Crippen LogP contribution in [0.25, 0.3) is 11.0 Å². The van der Waals surface area contributed by atoms with Crippen LogP contribution in [0.15, 0.2) is 98.0 Å². The Morgan fingerprint density at radius 2 is 1.76 bits per heavy atom. The number of aromatic carboxylic acids is 1. The predicted octanol–water partition coefficient (Wildman–Crippen LogP) is 8.76. The molecule has 7 rings (SSSR count). The zero-order valence-electron chi connectivity index (χ0n) is 25.4. The number of carbonyl (C=O) groups excluding carboxylic acids is 1. The van der Waals surface area contributed by atoms with Crippen LogP contribution in [0.1, 0.15) is 44.2 Å². The third-order valence-corrected chi connectivity index (χ3v) is 12.1. The number of para-hydroxylation sites is 2. The summed E-state index contributed by atoms with van der Waals surface area (Å²) in [5.74, 6) is -0.930. The number of rotatable bonds is 9. The van der Waals surface area contributed by atoms with Crippen LogP contribution in [0.3, 0.4) is 0 Å². The van der Waals surface area contributed by atoms with Crippen molar-refractivity contribution in [2.75, 3.05) is 41.9 Å². The molecule has 0 aliphatic carbocycles. The van der Waals surface area contributed by atoms with Crippen molar-refractivity contribution in [2.24, 2.45) is 5.41 Å². The monoisotopic (exact) mass is 715 g/mol. The molecule has 4 heterocycles. The van der Waals surface area contributed by atoms with Gasteiger partial charge >= 0.3 is 5.97 Å². The lowest BCUT2D eigenvalue weighted by Crippen LogP contribution is -2.61. The summed E-state index contributed by atoms with van der Waals surface area (Å²) < 4.78 is 8.88. The van der Waals surface area contributed by atoms with Crippen molar-refractivity contribution in [1.29, 1.82) is 0 Å². The van der Waals surface area contributed by atoms with Crippen molar-refractivity contribution in [3.05, 3.63) is 110 Å². The normalized spacial score (nSPS) is 15.7. The minimum atomic E-state index is -1.05. The van der Waals surface area contributed by atoms with Crippen LogP contribution in [0, 0.1) is 12.3 Å². The van der Waals surface area contributed by atoms with Crippen molar-refractivity contribution in [1.82, 2.24) is 4.90 Å². The molecule has 0 radical (unpaired) electrons. The number of carboxylic acids is 1. The number of nitrogens with zero attached hydrogens (tertiary/aromatic N) is 3. The molecule has 2 aromatic heterocycles. The fraction of sp³-hybridized carbons (Fsp3) is 0.278. The Hall–Kier alpha value is -3.73. The SMILES string of the molecule is Cc1c(C(=O)O)oc2ccc(SN(CCc3ccccc3)c3ccccc3N3CCC4(CC3)CN(C(=O)c3sccc3Br)C4)cc12. The quantitative estimate of drug-likeness (QED) is 0.153. The first kappa shape index (κ1) is 30.9. The Bertz CT molecular complexity index is 1890. The average molecular weight is 717 g/mol. The second-order valence-corrected chi connectivity index (χ2v) is 15.0. The van der Waals surface area contributed by atoms with Crippen LogP contribution in [0.2, 0.25) is 0 Å². The molecule has 2 fully saturated rings. The maximum Gasteiger partial charge on any atom is 0.372 e. The van der Waals surface area contributed by atoms with Crippen molar-refractivity contribution in [2.45, 2.75) is 31.1 Å². The van der Waals surface area contributed by atoms with Gasteiger partial charge in [-0.05, 0) is 101 Å². The van der Waals surface area contributed by atoms with Gasteiger partial charge in [-0.25, -0.2) is 4.79 Å². The van der Waals surface area contributed by atoms with Crippen LogP contribution < -0.4 is 9.21 Å². The van der Waals surface area contributed by atoms with Gasteiger partial charge in [-0.15, -0.1) is 11.3 Å². The largest absolute Gasteiger partial charge is 0.475 e. The Morgan fingerprint density at radius 1 is 1.02 bits per heavy atom. The molecular weight excluding hydrogens is 682 g/mol. The van der Waals surface area contributed by atoms with Gasteiger partial charge in [0, 0.05) is 58.5 Å². The fourth-order valence-corrected chi connectivity index (χ4v) is 9.15. The lowest BCUT2D eigenvalue weighted by atomic mass is 9.72. The molecule has 1 N–H and O–H groups in total. The molecular formula is C36H34BrN3O4S2. The summed E-state index contributed by atoms with van der Waals surface area (Å²) in [6, 6.07) is 27.0. The van der Waals surface area contributed by atoms with E-state index in [0.29, 0.717) is 11.1 Å².